The zero-order valence-corrected chi connectivity index (χ0v) is 63.2. The van der Waals surface area contributed by atoms with Gasteiger partial charge >= 0.3 is 0 Å². The predicted molar refractivity (Wildman–Crippen MR) is 410 cm³/mol. The van der Waals surface area contributed by atoms with Gasteiger partial charge in [-0.05, 0) is 70.6 Å². The van der Waals surface area contributed by atoms with Crippen molar-refractivity contribution in [2.24, 2.45) is 0 Å². The molecule has 2 fully saturated rings. The van der Waals surface area contributed by atoms with Crippen LogP contribution in [-0.4, -0.2) is 140 Å². The zero-order chi connectivity index (χ0) is 71.5. The molecule has 2 saturated heterocycles. The van der Waals surface area contributed by atoms with Crippen molar-refractivity contribution in [1.29, 1.82) is 0 Å². The Morgan fingerprint density at radius 2 is 0.697 bits per heavy atom. The Morgan fingerprint density at radius 3 is 1.07 bits per heavy atom. The van der Waals surface area contributed by atoms with Crippen molar-refractivity contribution in [3.05, 3.63) is 85.1 Å². The Balaban J connectivity index is 1.58. The van der Waals surface area contributed by atoms with Crippen LogP contribution < -0.4 is 5.32 Å². The van der Waals surface area contributed by atoms with Crippen LogP contribution in [-0.2, 0) is 23.7 Å². The van der Waals surface area contributed by atoms with E-state index in [1.165, 1.54) is 231 Å². The van der Waals surface area contributed by atoms with Gasteiger partial charge in [-0.15, -0.1) is 0 Å². The molecule has 1 amide bonds. The van der Waals surface area contributed by atoms with Gasteiger partial charge in [-0.1, -0.05) is 362 Å². The molecule has 14 heteroatoms. The molecule has 14 nitrogen and oxygen atoms in total. The number of allylic oxidation sites excluding steroid dienone is 14. The fourth-order valence-electron chi connectivity index (χ4n) is 13.4. The van der Waals surface area contributed by atoms with Gasteiger partial charge in [-0.25, -0.2) is 0 Å². The van der Waals surface area contributed by atoms with Crippen LogP contribution in [0.5, 0.6) is 0 Å². The van der Waals surface area contributed by atoms with E-state index in [0.29, 0.717) is 12.8 Å². The Bertz CT molecular complexity index is 1990. The fourth-order valence-corrected chi connectivity index (χ4v) is 13.4. The smallest absolute Gasteiger partial charge is 0.220 e. The highest BCUT2D eigenvalue weighted by atomic mass is 16.7. The molecule has 9 N–H and O–H groups in total. The van der Waals surface area contributed by atoms with Crippen molar-refractivity contribution in [3.8, 4) is 0 Å². The number of carbonyl (C=O) groups excluding carboxylic acids is 1. The number of amides is 1. The maximum Gasteiger partial charge on any atom is 0.220 e. The van der Waals surface area contributed by atoms with E-state index in [-0.39, 0.29) is 12.5 Å². The summed E-state index contributed by atoms with van der Waals surface area (Å²) >= 11 is 0. The largest absolute Gasteiger partial charge is 0.394 e. The summed E-state index contributed by atoms with van der Waals surface area (Å²) < 4.78 is 23.0. The molecule has 0 aromatic rings. The molecule has 0 radical (unpaired) electrons. The molecular weight excluding hydrogens is 1240 g/mol. The first kappa shape index (κ1) is 92.3. The normalized spacial score (nSPS) is 22.4. The molecule has 0 aliphatic carbocycles. The van der Waals surface area contributed by atoms with E-state index in [1.807, 2.05) is 0 Å². The van der Waals surface area contributed by atoms with E-state index < -0.39 is 86.8 Å². The number of carbonyl (C=O) groups is 1. The van der Waals surface area contributed by atoms with Crippen molar-refractivity contribution < 1.29 is 64.6 Å². The first-order valence-electron chi connectivity index (χ1n) is 41.3. The number of rotatable bonds is 69. The van der Waals surface area contributed by atoms with Gasteiger partial charge in [0, 0.05) is 6.42 Å². The van der Waals surface area contributed by atoms with Crippen molar-refractivity contribution in [1.82, 2.24) is 5.32 Å². The summed E-state index contributed by atoms with van der Waals surface area (Å²) in [4.78, 5) is 13.4. The Kier molecular flexibility index (Phi) is 63.6. The summed E-state index contributed by atoms with van der Waals surface area (Å²) in [6, 6.07) is -0.833. The number of ether oxygens (including phenoxy) is 4. The number of aliphatic hydroxyl groups excluding tert-OH is 8. The number of hydrogen-bond donors (Lipinski definition) is 9. The molecule has 12 atom stereocenters. The highest BCUT2D eigenvalue weighted by molar-refractivity contribution is 5.76. The van der Waals surface area contributed by atoms with Crippen LogP contribution in [0.1, 0.15) is 354 Å². The SMILES string of the molecule is CC/C=C\C/C=C\C/C=C\C/C=C\C/C=C\C/C=C\C/C=C\CCCCCCCCCCCCCCCCCCCC(=O)NC(COC1OC(CO)C(OC2OC(CO)C(O)C(O)C2O)C(O)C1O)C(O)CCCCCCCCCCCCCCCCCCCCCCCCCCCC. The van der Waals surface area contributed by atoms with Crippen LogP contribution in [0.4, 0.5) is 0 Å². The van der Waals surface area contributed by atoms with Crippen LogP contribution in [0.2, 0.25) is 0 Å². The topological polar surface area (TPSA) is 228 Å². The third-order valence-corrected chi connectivity index (χ3v) is 19.9. The molecule has 0 bridgehead atoms. The molecule has 2 rings (SSSR count). The first-order chi connectivity index (χ1) is 48.6. The minimum atomic E-state index is -1.79. The Hall–Kier alpha value is -2.83. The van der Waals surface area contributed by atoms with Crippen LogP contribution >= 0.6 is 0 Å². The summed E-state index contributed by atoms with van der Waals surface area (Å²) in [5.41, 5.74) is 0. The standard InChI is InChI=1S/C85H153NO13/c1-3-5-7-9-11-13-15-17-19-21-23-25-27-29-31-32-33-34-35-36-37-38-39-40-41-42-43-45-47-49-51-53-55-57-59-61-63-65-67-69-77(90)86-73(72-96-84-82(95)80(93)83(76(71-88)98-84)99-85-81(94)79(92)78(91)75(70-87)97-85)74(89)68-66-64-62-60-58-56-54-52-50-48-46-44-30-28-26-24-22-20-18-16-14-12-10-8-6-4-2/h5,7,11,13,17,19,23,25,29,31,33-34,36-37,73-76,78-85,87-89,91-95H,3-4,6,8-10,12,14-16,18,20-22,24,26-28,30,32,35,38-72H2,1-2H3,(H,86,90)/b7-5-,13-11-,19-17-,25-23-,31-29-,34-33-,37-36-. The van der Waals surface area contributed by atoms with Crippen molar-refractivity contribution in [3.63, 3.8) is 0 Å². The molecule has 0 aromatic carbocycles. The van der Waals surface area contributed by atoms with Crippen LogP contribution in [0.3, 0.4) is 0 Å². The van der Waals surface area contributed by atoms with Gasteiger partial charge in [0.2, 0.25) is 5.91 Å². The van der Waals surface area contributed by atoms with Gasteiger partial charge in [0.15, 0.2) is 12.6 Å². The molecule has 2 aliphatic rings. The van der Waals surface area contributed by atoms with E-state index in [0.717, 1.165) is 96.3 Å². The maximum absolute atomic E-state index is 13.4. The molecule has 12 unspecified atom stereocenters. The lowest BCUT2D eigenvalue weighted by Gasteiger charge is -2.46. The third kappa shape index (κ3) is 51.1. The zero-order valence-electron chi connectivity index (χ0n) is 63.2. The van der Waals surface area contributed by atoms with Gasteiger partial charge in [-0.2, -0.15) is 0 Å². The van der Waals surface area contributed by atoms with Crippen molar-refractivity contribution in [2.45, 2.75) is 428 Å². The summed E-state index contributed by atoms with van der Waals surface area (Å²) in [6.45, 7) is 2.80. The predicted octanol–water partition coefficient (Wildman–Crippen LogP) is 19.1. The van der Waals surface area contributed by atoms with Gasteiger partial charge in [0.05, 0.1) is 32.0 Å². The second-order valence-corrected chi connectivity index (χ2v) is 28.9. The minimum Gasteiger partial charge on any atom is -0.394 e. The molecular formula is C85H153NO13. The average molecular weight is 1400 g/mol. The fraction of sp³-hybridized carbons (Fsp3) is 0.824. The molecule has 99 heavy (non-hydrogen) atoms. The molecule has 2 heterocycles. The third-order valence-electron chi connectivity index (χ3n) is 19.9. The number of unbranched alkanes of at least 4 members (excludes halogenated alkanes) is 42. The second-order valence-electron chi connectivity index (χ2n) is 28.9. The van der Waals surface area contributed by atoms with E-state index in [4.69, 9.17) is 18.9 Å². The minimum absolute atomic E-state index is 0.202. The lowest BCUT2D eigenvalue weighted by atomic mass is 9.97. The molecule has 576 valence electrons. The highest BCUT2D eigenvalue weighted by Crippen LogP contribution is 2.30. The molecule has 2 aliphatic heterocycles. The summed E-state index contributed by atoms with van der Waals surface area (Å²) in [5.74, 6) is -0.202. The Morgan fingerprint density at radius 1 is 0.374 bits per heavy atom. The molecule has 0 saturated carbocycles. The first-order valence-corrected chi connectivity index (χ1v) is 41.3. The Labute approximate surface area is 605 Å². The van der Waals surface area contributed by atoms with Crippen LogP contribution in [0, 0.1) is 0 Å². The number of aliphatic hydroxyl groups is 8. The van der Waals surface area contributed by atoms with Gasteiger partial charge in [0.1, 0.15) is 48.8 Å². The number of nitrogens with one attached hydrogen (secondary N) is 1. The monoisotopic (exact) mass is 1400 g/mol. The maximum atomic E-state index is 13.4. The molecule has 0 aromatic heterocycles. The second kappa shape index (κ2) is 68.3. The van der Waals surface area contributed by atoms with E-state index in [2.05, 4.69) is 104 Å². The van der Waals surface area contributed by atoms with E-state index in [1.54, 1.807) is 0 Å². The lowest BCUT2D eigenvalue weighted by molar-refractivity contribution is -0.359. The van der Waals surface area contributed by atoms with Crippen LogP contribution in [0.25, 0.3) is 0 Å². The molecule has 0 spiro atoms. The van der Waals surface area contributed by atoms with E-state index >= 15 is 0 Å². The summed E-state index contributed by atoms with van der Waals surface area (Å²) in [5, 5.41) is 87.9. The summed E-state index contributed by atoms with van der Waals surface area (Å²) in [7, 11) is 0. The van der Waals surface area contributed by atoms with Crippen LogP contribution in [0.15, 0.2) is 85.1 Å². The average Bonchev–Trinajstić information content (AvgIpc) is 0.794. The van der Waals surface area contributed by atoms with Gasteiger partial charge in [-0.3, -0.25) is 4.79 Å². The van der Waals surface area contributed by atoms with E-state index in [9.17, 15) is 45.6 Å². The van der Waals surface area contributed by atoms with Crippen molar-refractivity contribution in [2.75, 3.05) is 19.8 Å². The summed E-state index contributed by atoms with van der Waals surface area (Å²) in [6.07, 6.45) is 79.1. The van der Waals surface area contributed by atoms with Gasteiger partial charge in [0.25, 0.3) is 0 Å². The van der Waals surface area contributed by atoms with Crippen molar-refractivity contribution >= 4 is 5.91 Å². The highest BCUT2D eigenvalue weighted by Gasteiger charge is 2.51. The lowest BCUT2D eigenvalue weighted by Crippen LogP contribution is -2.65. The van der Waals surface area contributed by atoms with Gasteiger partial charge < -0.3 is 65.1 Å². The quantitative estimate of drug-likeness (QED) is 0.0204. The number of hydrogen-bond acceptors (Lipinski definition) is 13.